The summed E-state index contributed by atoms with van der Waals surface area (Å²) in [6, 6.07) is 6.13. The number of aromatic nitrogens is 2. The van der Waals surface area contributed by atoms with E-state index >= 15 is 0 Å². The predicted molar refractivity (Wildman–Crippen MR) is 92.4 cm³/mol. The van der Waals surface area contributed by atoms with Gasteiger partial charge in [-0.25, -0.2) is 4.98 Å². The summed E-state index contributed by atoms with van der Waals surface area (Å²) in [6.45, 7) is 5.86. The second kappa shape index (κ2) is 6.10. The molecule has 2 aliphatic rings. The molecule has 0 saturated carbocycles. The van der Waals surface area contributed by atoms with Crippen molar-refractivity contribution in [2.45, 2.75) is 39.7 Å². The molecule has 1 N–H and O–H groups in total. The van der Waals surface area contributed by atoms with Crippen LogP contribution in [0.15, 0.2) is 24.5 Å². The van der Waals surface area contributed by atoms with Gasteiger partial charge in [-0.05, 0) is 42.9 Å². The summed E-state index contributed by atoms with van der Waals surface area (Å²) in [4.78, 5) is 21.7. The van der Waals surface area contributed by atoms with Crippen LogP contribution in [0.3, 0.4) is 0 Å². The van der Waals surface area contributed by atoms with Gasteiger partial charge in [-0.3, -0.25) is 4.79 Å². The Hall–Kier alpha value is -2.50. The van der Waals surface area contributed by atoms with Crippen molar-refractivity contribution in [2.75, 3.05) is 13.3 Å². The van der Waals surface area contributed by atoms with Crippen molar-refractivity contribution in [3.05, 3.63) is 41.5 Å². The Morgan fingerprint density at radius 2 is 2.16 bits per heavy atom. The van der Waals surface area contributed by atoms with E-state index in [1.165, 1.54) is 5.56 Å². The van der Waals surface area contributed by atoms with Crippen LogP contribution in [0.5, 0.6) is 11.5 Å². The largest absolute Gasteiger partial charge is 0.454 e. The third-order valence-electron chi connectivity index (χ3n) is 5.21. The van der Waals surface area contributed by atoms with Crippen molar-refractivity contribution in [1.82, 2.24) is 14.9 Å². The van der Waals surface area contributed by atoms with Gasteiger partial charge in [0.2, 0.25) is 12.7 Å². The van der Waals surface area contributed by atoms with Crippen molar-refractivity contribution in [3.63, 3.8) is 0 Å². The number of fused-ring (bicyclic) bond motifs is 1. The van der Waals surface area contributed by atoms with Gasteiger partial charge in [-0.2, -0.15) is 0 Å². The molecule has 0 bridgehead atoms. The molecule has 0 aliphatic carbocycles. The number of carbonyl (C=O) groups excluding carboxylic acids is 1. The number of piperidine rings is 1. The Morgan fingerprint density at radius 1 is 1.32 bits per heavy atom. The van der Waals surface area contributed by atoms with Crippen LogP contribution < -0.4 is 9.47 Å². The molecule has 0 radical (unpaired) electrons. The van der Waals surface area contributed by atoms with E-state index < -0.39 is 0 Å². The first-order valence-electron chi connectivity index (χ1n) is 8.68. The van der Waals surface area contributed by atoms with Gasteiger partial charge in [0.15, 0.2) is 11.5 Å². The Kier molecular flexibility index (Phi) is 3.90. The van der Waals surface area contributed by atoms with Gasteiger partial charge in [0, 0.05) is 18.7 Å². The summed E-state index contributed by atoms with van der Waals surface area (Å²) < 4.78 is 10.9. The van der Waals surface area contributed by atoms with E-state index in [0.29, 0.717) is 19.8 Å². The lowest BCUT2D eigenvalue weighted by atomic mass is 9.76. The van der Waals surface area contributed by atoms with Crippen LogP contribution in [0.25, 0.3) is 0 Å². The number of aromatic amines is 1. The third kappa shape index (κ3) is 3.21. The van der Waals surface area contributed by atoms with Crippen molar-refractivity contribution in [1.29, 1.82) is 0 Å². The van der Waals surface area contributed by atoms with E-state index in [9.17, 15) is 4.79 Å². The van der Waals surface area contributed by atoms with Gasteiger partial charge in [-0.1, -0.05) is 13.0 Å². The van der Waals surface area contributed by atoms with Crippen molar-refractivity contribution in [2.24, 2.45) is 5.41 Å². The number of benzene rings is 1. The molecule has 2 aliphatic heterocycles. The molecule has 0 spiro atoms. The second-order valence-electron chi connectivity index (χ2n) is 7.40. The van der Waals surface area contributed by atoms with E-state index in [1.54, 1.807) is 6.33 Å². The number of ether oxygens (including phenoxy) is 2. The number of nitrogens with one attached hydrogen (secondary N) is 1. The maximum atomic E-state index is 12.4. The van der Waals surface area contributed by atoms with Crippen LogP contribution in [-0.4, -0.2) is 34.1 Å². The molecular formula is C19H23N3O3. The molecule has 1 aromatic carbocycles. The Labute approximate surface area is 147 Å². The number of hydrogen-bond acceptors (Lipinski definition) is 4. The third-order valence-corrected chi connectivity index (χ3v) is 5.21. The van der Waals surface area contributed by atoms with Gasteiger partial charge >= 0.3 is 0 Å². The molecule has 1 fully saturated rings. The highest BCUT2D eigenvalue weighted by atomic mass is 16.7. The zero-order valence-corrected chi connectivity index (χ0v) is 14.7. The molecule has 132 valence electrons. The fourth-order valence-corrected chi connectivity index (χ4v) is 3.75. The maximum Gasteiger partial charge on any atom is 0.231 e. The topological polar surface area (TPSA) is 67.5 Å². The Balaban J connectivity index is 1.49. The number of likely N-dealkylation sites (tertiary alicyclic amines) is 1. The first-order chi connectivity index (χ1) is 12.0. The maximum absolute atomic E-state index is 12.4. The molecule has 3 heterocycles. The average Bonchev–Trinajstić information content (AvgIpc) is 3.20. The number of nitrogens with zero attached hydrogens (tertiary/aromatic N) is 2. The number of imidazole rings is 1. The van der Waals surface area contributed by atoms with Crippen LogP contribution in [0.2, 0.25) is 0 Å². The summed E-state index contributed by atoms with van der Waals surface area (Å²) in [5, 5.41) is 0. The SMILES string of the molecule is Cc1[nH]cnc1CN1CC(C)(Cc2ccc3c(c2)OCO3)CCC1=O. The van der Waals surface area contributed by atoms with Crippen molar-refractivity contribution in [3.8, 4) is 11.5 Å². The minimum Gasteiger partial charge on any atom is -0.454 e. The van der Waals surface area contributed by atoms with E-state index in [-0.39, 0.29) is 11.3 Å². The summed E-state index contributed by atoms with van der Waals surface area (Å²) in [7, 11) is 0. The summed E-state index contributed by atoms with van der Waals surface area (Å²) >= 11 is 0. The lowest BCUT2D eigenvalue weighted by molar-refractivity contribution is -0.138. The highest BCUT2D eigenvalue weighted by Gasteiger charge is 2.35. The molecule has 1 saturated heterocycles. The number of H-pyrrole nitrogens is 1. The van der Waals surface area contributed by atoms with Crippen LogP contribution in [-0.2, 0) is 17.8 Å². The summed E-state index contributed by atoms with van der Waals surface area (Å²) in [5.74, 6) is 1.84. The molecular weight excluding hydrogens is 318 g/mol. The van der Waals surface area contributed by atoms with Crippen LogP contribution in [0.1, 0.15) is 36.7 Å². The molecule has 2 aromatic rings. The fourth-order valence-electron chi connectivity index (χ4n) is 3.75. The van der Waals surface area contributed by atoms with E-state index in [1.807, 2.05) is 17.9 Å². The lowest BCUT2D eigenvalue weighted by Crippen LogP contribution is -2.45. The second-order valence-corrected chi connectivity index (χ2v) is 7.40. The number of amides is 1. The van der Waals surface area contributed by atoms with Gasteiger partial charge in [0.05, 0.1) is 18.6 Å². The standard InChI is InChI=1S/C19H23N3O3/c1-13-15(21-11-20-13)9-22-10-19(2,6-5-18(22)23)8-14-3-4-16-17(7-14)25-12-24-16/h3-4,7,11H,5-6,8-10,12H2,1-2H3,(H,20,21). The minimum atomic E-state index is 0.0474. The fraction of sp³-hybridized carbons (Fsp3) is 0.474. The molecule has 6 heteroatoms. The lowest BCUT2D eigenvalue weighted by Gasteiger charge is -2.40. The number of carbonyl (C=O) groups is 1. The van der Waals surface area contributed by atoms with E-state index in [0.717, 1.165) is 42.3 Å². The number of aryl methyl sites for hydroxylation is 1. The first-order valence-corrected chi connectivity index (χ1v) is 8.68. The molecule has 1 amide bonds. The minimum absolute atomic E-state index is 0.0474. The van der Waals surface area contributed by atoms with Crippen LogP contribution in [0.4, 0.5) is 0 Å². The molecule has 1 atom stereocenters. The quantitative estimate of drug-likeness (QED) is 0.928. The molecule has 1 aromatic heterocycles. The molecule has 6 nitrogen and oxygen atoms in total. The highest BCUT2D eigenvalue weighted by molar-refractivity contribution is 5.77. The van der Waals surface area contributed by atoms with Gasteiger partial charge in [0.25, 0.3) is 0 Å². The van der Waals surface area contributed by atoms with Crippen LogP contribution >= 0.6 is 0 Å². The molecule has 25 heavy (non-hydrogen) atoms. The smallest absolute Gasteiger partial charge is 0.231 e. The van der Waals surface area contributed by atoms with Gasteiger partial charge in [-0.15, -0.1) is 0 Å². The van der Waals surface area contributed by atoms with Crippen molar-refractivity contribution >= 4 is 5.91 Å². The van der Waals surface area contributed by atoms with E-state index in [4.69, 9.17) is 9.47 Å². The molecule has 4 rings (SSSR count). The van der Waals surface area contributed by atoms with Crippen LogP contribution in [0, 0.1) is 12.3 Å². The number of hydrogen-bond donors (Lipinski definition) is 1. The molecule has 1 unspecified atom stereocenters. The monoisotopic (exact) mass is 341 g/mol. The zero-order chi connectivity index (χ0) is 17.4. The summed E-state index contributed by atoms with van der Waals surface area (Å²) in [5.41, 5.74) is 3.24. The average molecular weight is 341 g/mol. The van der Waals surface area contributed by atoms with E-state index in [2.05, 4.69) is 29.0 Å². The van der Waals surface area contributed by atoms with Gasteiger partial charge in [0.1, 0.15) is 0 Å². The first kappa shape index (κ1) is 16.0. The number of rotatable bonds is 4. The Bertz CT molecular complexity index is 801. The van der Waals surface area contributed by atoms with Gasteiger partial charge < -0.3 is 19.4 Å². The normalized spacial score (nSPS) is 22.5. The predicted octanol–water partition coefficient (Wildman–Crippen LogP) is 2.82. The zero-order valence-electron chi connectivity index (χ0n) is 14.7. The summed E-state index contributed by atoms with van der Waals surface area (Å²) in [6.07, 6.45) is 4.08. The highest BCUT2D eigenvalue weighted by Crippen LogP contribution is 2.38. The Morgan fingerprint density at radius 3 is 2.96 bits per heavy atom. The van der Waals surface area contributed by atoms with Crippen molar-refractivity contribution < 1.29 is 14.3 Å².